The van der Waals surface area contributed by atoms with Crippen LogP contribution in [0, 0.1) is 0 Å². The zero-order chi connectivity index (χ0) is 40.9. The van der Waals surface area contributed by atoms with E-state index in [1.54, 1.807) is 34.6 Å². The normalized spacial score (nSPS) is 17.4. The Morgan fingerprint density at radius 2 is 1.14 bits per heavy atom. The van der Waals surface area contributed by atoms with E-state index < -0.39 is 24.3 Å². The standard InChI is InChI=1S/C41H44N12O6/c1-59-41(58)51-31(17-29-19-43-23-47-29)39(55)53-15-3-5-35(53)37-45-21-33(49-37)27-12-8-25(9-13-27)24-6-10-26(11-7-24)32-20-44-36(48-32)34-4-2-14-52(34)38(54)30(50-40(56)57)16-28-18-42-22-46-28/h6-13,18-23,30-31,34-35,50H,2-5,14-17H2,1H3,(H,42,46)(H,43,47)(H,44,48)(H,45,49)(H,51,58)(H,56,57)/t30-,31-,34-,35-/m0/s1. The first-order chi connectivity index (χ1) is 28.7. The fraction of sp³-hybridized carbons (Fsp3) is 0.317. The summed E-state index contributed by atoms with van der Waals surface area (Å²) < 4.78 is 4.79. The molecule has 6 aromatic rings. The number of nitrogens with zero attached hydrogens (tertiary/aromatic N) is 6. The molecule has 0 saturated carbocycles. The minimum absolute atomic E-state index is 0.161. The van der Waals surface area contributed by atoms with E-state index in [9.17, 15) is 24.3 Å². The monoisotopic (exact) mass is 800 g/mol. The molecule has 6 heterocycles. The fourth-order valence-electron chi connectivity index (χ4n) is 8.00. The second kappa shape index (κ2) is 17.1. The van der Waals surface area contributed by atoms with E-state index in [4.69, 9.17) is 4.74 Å². The molecule has 0 bridgehead atoms. The van der Waals surface area contributed by atoms with Crippen LogP contribution >= 0.6 is 0 Å². The van der Waals surface area contributed by atoms with Crippen LogP contribution in [0.1, 0.15) is 60.8 Å². The molecule has 304 valence electrons. The predicted molar refractivity (Wildman–Crippen MR) is 213 cm³/mol. The predicted octanol–water partition coefficient (Wildman–Crippen LogP) is 4.75. The smallest absolute Gasteiger partial charge is 0.407 e. The van der Waals surface area contributed by atoms with Crippen LogP contribution in [0.25, 0.3) is 33.6 Å². The highest BCUT2D eigenvalue weighted by molar-refractivity contribution is 5.87. The minimum Gasteiger partial charge on any atom is -0.465 e. The maximum atomic E-state index is 13.8. The number of rotatable bonds is 13. The molecule has 4 atom stereocenters. The molecule has 2 aromatic carbocycles. The fourth-order valence-corrected chi connectivity index (χ4v) is 8.00. The van der Waals surface area contributed by atoms with Crippen molar-refractivity contribution in [2.45, 2.75) is 62.7 Å². The van der Waals surface area contributed by atoms with Gasteiger partial charge >= 0.3 is 12.2 Å². The molecule has 18 heteroatoms. The van der Waals surface area contributed by atoms with Crippen molar-refractivity contribution in [3.8, 4) is 33.6 Å². The highest BCUT2D eigenvalue weighted by Crippen LogP contribution is 2.35. The molecule has 0 unspecified atom stereocenters. The van der Waals surface area contributed by atoms with Crippen molar-refractivity contribution in [2.24, 2.45) is 0 Å². The average molecular weight is 801 g/mol. The summed E-state index contributed by atoms with van der Waals surface area (Å²) in [5.41, 5.74) is 6.94. The van der Waals surface area contributed by atoms with E-state index in [0.29, 0.717) is 36.9 Å². The number of H-pyrrole nitrogens is 4. The van der Waals surface area contributed by atoms with Crippen molar-refractivity contribution in [1.82, 2.24) is 60.3 Å². The molecule has 4 aromatic heterocycles. The zero-order valence-electron chi connectivity index (χ0n) is 32.2. The number of aromatic nitrogens is 8. The topological polar surface area (TPSA) is 243 Å². The van der Waals surface area contributed by atoms with Gasteiger partial charge in [-0.1, -0.05) is 48.5 Å². The highest BCUT2D eigenvalue weighted by atomic mass is 16.5. The number of likely N-dealkylation sites (tertiary alicyclic amines) is 2. The van der Waals surface area contributed by atoms with Crippen molar-refractivity contribution in [3.63, 3.8) is 0 Å². The molecular weight excluding hydrogens is 757 g/mol. The van der Waals surface area contributed by atoms with Gasteiger partial charge in [-0.2, -0.15) is 0 Å². The molecule has 2 fully saturated rings. The molecule has 18 nitrogen and oxygen atoms in total. The summed E-state index contributed by atoms with van der Waals surface area (Å²) in [6, 6.07) is 13.9. The largest absolute Gasteiger partial charge is 0.465 e. The van der Waals surface area contributed by atoms with Gasteiger partial charge in [0.05, 0.1) is 55.6 Å². The number of methoxy groups -OCH3 is 1. The number of imidazole rings is 4. The number of carboxylic acid groups (broad SMARTS) is 1. The third kappa shape index (κ3) is 8.56. The molecule has 0 aliphatic carbocycles. The van der Waals surface area contributed by atoms with E-state index in [1.165, 1.54) is 19.8 Å². The van der Waals surface area contributed by atoms with Gasteiger partial charge in [-0.15, -0.1) is 0 Å². The Bertz CT molecular complexity index is 2370. The van der Waals surface area contributed by atoms with Gasteiger partial charge in [-0.25, -0.2) is 29.5 Å². The van der Waals surface area contributed by atoms with Gasteiger partial charge in [0, 0.05) is 49.7 Å². The minimum atomic E-state index is -1.27. The van der Waals surface area contributed by atoms with E-state index in [0.717, 1.165) is 58.6 Å². The Labute approximate surface area is 338 Å². The van der Waals surface area contributed by atoms with Crippen molar-refractivity contribution >= 4 is 24.0 Å². The summed E-state index contributed by atoms with van der Waals surface area (Å²) in [5.74, 6) is 0.813. The number of nitrogens with one attached hydrogen (secondary N) is 6. The maximum absolute atomic E-state index is 13.8. The highest BCUT2D eigenvalue weighted by Gasteiger charge is 2.38. The number of aromatic amines is 4. The third-order valence-electron chi connectivity index (χ3n) is 10.9. The number of hydrogen-bond acceptors (Lipinski definition) is 9. The molecule has 0 radical (unpaired) electrons. The van der Waals surface area contributed by atoms with E-state index in [2.05, 4.69) is 50.5 Å². The lowest BCUT2D eigenvalue weighted by Crippen LogP contribution is -2.49. The molecule has 7 N–H and O–H groups in total. The quantitative estimate of drug-likeness (QED) is 0.0845. The summed E-state index contributed by atoms with van der Waals surface area (Å²) in [6.07, 6.45) is 11.3. The summed E-state index contributed by atoms with van der Waals surface area (Å²) >= 11 is 0. The van der Waals surface area contributed by atoms with E-state index in [-0.39, 0.29) is 36.7 Å². The zero-order valence-corrected chi connectivity index (χ0v) is 32.2. The van der Waals surface area contributed by atoms with Crippen LogP contribution in [-0.2, 0) is 27.2 Å². The Balaban J connectivity index is 0.912. The Hall–Kier alpha value is -7.24. The third-order valence-corrected chi connectivity index (χ3v) is 10.9. The molecule has 2 saturated heterocycles. The van der Waals surface area contributed by atoms with Gasteiger partial charge in [0.2, 0.25) is 11.8 Å². The number of hydrogen-bond donors (Lipinski definition) is 7. The van der Waals surface area contributed by atoms with Gasteiger partial charge < -0.3 is 50.2 Å². The van der Waals surface area contributed by atoms with Crippen molar-refractivity contribution in [2.75, 3.05) is 20.2 Å². The van der Waals surface area contributed by atoms with E-state index >= 15 is 0 Å². The summed E-state index contributed by atoms with van der Waals surface area (Å²) in [7, 11) is 1.27. The van der Waals surface area contributed by atoms with Crippen LogP contribution in [0.2, 0.25) is 0 Å². The first-order valence-electron chi connectivity index (χ1n) is 19.4. The van der Waals surface area contributed by atoms with Crippen LogP contribution < -0.4 is 10.6 Å². The number of carbonyl (C=O) groups excluding carboxylic acids is 3. The summed E-state index contributed by atoms with van der Waals surface area (Å²) in [6.45, 7) is 1.04. The second-order valence-electron chi connectivity index (χ2n) is 14.7. The molecule has 2 aliphatic rings. The molecule has 0 spiro atoms. The first-order valence-corrected chi connectivity index (χ1v) is 19.4. The maximum Gasteiger partial charge on any atom is 0.407 e. The molecule has 59 heavy (non-hydrogen) atoms. The first kappa shape index (κ1) is 38.6. The van der Waals surface area contributed by atoms with Gasteiger partial charge in [0.1, 0.15) is 23.7 Å². The Morgan fingerprint density at radius 3 is 1.54 bits per heavy atom. The average Bonchev–Trinajstić information content (AvgIpc) is 4.11. The van der Waals surface area contributed by atoms with Crippen LogP contribution in [0.3, 0.4) is 0 Å². The number of carbonyl (C=O) groups is 4. The Morgan fingerprint density at radius 1 is 0.695 bits per heavy atom. The van der Waals surface area contributed by atoms with Gasteiger partial charge in [-0.3, -0.25) is 9.59 Å². The van der Waals surface area contributed by atoms with Crippen molar-refractivity contribution in [1.29, 1.82) is 0 Å². The van der Waals surface area contributed by atoms with Crippen LogP contribution in [-0.4, -0.2) is 111 Å². The van der Waals surface area contributed by atoms with Gasteiger partial charge in [0.25, 0.3) is 0 Å². The van der Waals surface area contributed by atoms with Crippen LogP contribution in [0.15, 0.2) is 86.0 Å². The lowest BCUT2D eigenvalue weighted by atomic mass is 10.0. The van der Waals surface area contributed by atoms with Gasteiger partial charge in [-0.05, 0) is 47.9 Å². The van der Waals surface area contributed by atoms with Crippen molar-refractivity contribution in [3.05, 3.63) is 109 Å². The second-order valence-corrected chi connectivity index (χ2v) is 14.7. The number of benzene rings is 2. The lowest BCUT2D eigenvalue weighted by molar-refractivity contribution is -0.135. The molecular formula is C41H44N12O6. The Kier molecular flexibility index (Phi) is 11.2. The molecule has 4 amide bonds. The molecule has 8 rings (SSSR count). The number of amides is 4. The van der Waals surface area contributed by atoms with Gasteiger partial charge in [0.15, 0.2) is 0 Å². The van der Waals surface area contributed by atoms with Crippen molar-refractivity contribution < 1.29 is 29.0 Å². The molecule has 2 aliphatic heterocycles. The lowest BCUT2D eigenvalue weighted by Gasteiger charge is -2.28. The number of alkyl carbamates (subject to hydrolysis) is 1. The summed E-state index contributed by atoms with van der Waals surface area (Å²) in [5, 5.41) is 14.5. The van der Waals surface area contributed by atoms with Crippen LogP contribution in [0.5, 0.6) is 0 Å². The summed E-state index contributed by atoms with van der Waals surface area (Å²) in [4.78, 5) is 84.7. The van der Waals surface area contributed by atoms with E-state index in [1.807, 2.05) is 48.5 Å². The van der Waals surface area contributed by atoms with Crippen LogP contribution in [0.4, 0.5) is 9.59 Å². The number of ether oxygens (including phenoxy) is 1. The SMILES string of the molecule is COC(=O)N[C@@H](Cc1cnc[nH]1)C(=O)N1CCC[C@H]1c1ncc(-c2ccc(-c3ccc(-c4cnc([C@@H]5CCCN5C(=O)[C@H](Cc5cnc[nH]5)NC(=O)O)[nH]4)cc3)cc2)[nH]1.